The van der Waals surface area contributed by atoms with Crippen molar-refractivity contribution in [3.05, 3.63) is 34.3 Å². The fourth-order valence-corrected chi connectivity index (χ4v) is 4.60. The lowest BCUT2D eigenvalue weighted by molar-refractivity contribution is -0.126. The zero-order valence-electron chi connectivity index (χ0n) is 18.1. The first-order valence-electron chi connectivity index (χ1n) is 11.1. The Hall–Kier alpha value is -1.44. The summed E-state index contributed by atoms with van der Waals surface area (Å²) >= 11 is 3.40. The van der Waals surface area contributed by atoms with Crippen molar-refractivity contribution in [3.63, 3.8) is 0 Å². The number of benzene rings is 1. The van der Waals surface area contributed by atoms with E-state index in [-0.39, 0.29) is 17.7 Å². The lowest BCUT2D eigenvalue weighted by atomic mass is 9.95. The second-order valence-electron chi connectivity index (χ2n) is 8.75. The normalized spacial score (nSPS) is 19.7. The third kappa shape index (κ3) is 6.53. The molecule has 1 atom stereocenters. The van der Waals surface area contributed by atoms with Gasteiger partial charge in [0, 0.05) is 54.7 Å². The number of hydrogen-bond acceptors (Lipinski definition) is 4. The molecule has 0 radical (unpaired) electrons. The van der Waals surface area contributed by atoms with E-state index in [0.717, 1.165) is 50.0 Å². The van der Waals surface area contributed by atoms with Crippen molar-refractivity contribution in [1.82, 2.24) is 15.1 Å². The van der Waals surface area contributed by atoms with Crippen LogP contribution in [-0.2, 0) is 9.53 Å². The second-order valence-corrected chi connectivity index (χ2v) is 9.67. The molecule has 2 heterocycles. The van der Waals surface area contributed by atoms with E-state index in [0.29, 0.717) is 37.2 Å². The van der Waals surface area contributed by atoms with Gasteiger partial charge in [0.2, 0.25) is 5.91 Å². The van der Waals surface area contributed by atoms with Gasteiger partial charge in [0.1, 0.15) is 0 Å². The second kappa shape index (κ2) is 11.3. The number of ether oxygens (including phenoxy) is 1. The standard InChI is InChI=1S/C23H34BrN3O3/c1-17(2)15-21(26-11-13-30-14-12-26)16-25-22(28)18-7-9-27(10-8-18)23(29)19-3-5-20(24)6-4-19/h3-6,17-18,21H,7-16H2,1-2H3,(H,25,28). The molecule has 2 fully saturated rings. The van der Waals surface area contributed by atoms with Crippen LogP contribution in [-0.4, -0.2) is 73.6 Å². The van der Waals surface area contributed by atoms with Gasteiger partial charge in [-0.15, -0.1) is 0 Å². The summed E-state index contributed by atoms with van der Waals surface area (Å²) in [6.07, 6.45) is 2.52. The van der Waals surface area contributed by atoms with E-state index in [9.17, 15) is 9.59 Å². The van der Waals surface area contributed by atoms with Gasteiger partial charge in [-0.25, -0.2) is 0 Å². The average molecular weight is 480 g/mol. The molecule has 7 heteroatoms. The fraction of sp³-hybridized carbons (Fsp3) is 0.652. The lowest BCUT2D eigenvalue weighted by Gasteiger charge is -2.36. The van der Waals surface area contributed by atoms with Crippen molar-refractivity contribution in [1.29, 1.82) is 0 Å². The van der Waals surface area contributed by atoms with Gasteiger partial charge in [0.05, 0.1) is 13.2 Å². The third-order valence-electron chi connectivity index (χ3n) is 6.06. The van der Waals surface area contributed by atoms with Crippen LogP contribution < -0.4 is 5.32 Å². The number of rotatable bonds is 7. The third-order valence-corrected chi connectivity index (χ3v) is 6.59. The molecule has 6 nitrogen and oxygen atoms in total. The van der Waals surface area contributed by atoms with Crippen LogP contribution in [0.2, 0.25) is 0 Å². The van der Waals surface area contributed by atoms with Gasteiger partial charge in [-0.2, -0.15) is 0 Å². The summed E-state index contributed by atoms with van der Waals surface area (Å²) < 4.78 is 6.44. The Morgan fingerprint density at radius 1 is 1.10 bits per heavy atom. The number of morpholine rings is 1. The average Bonchev–Trinajstić information content (AvgIpc) is 2.77. The van der Waals surface area contributed by atoms with Crippen LogP contribution in [0.3, 0.4) is 0 Å². The number of piperidine rings is 1. The van der Waals surface area contributed by atoms with Crippen LogP contribution in [0.15, 0.2) is 28.7 Å². The van der Waals surface area contributed by atoms with E-state index in [4.69, 9.17) is 4.74 Å². The number of nitrogens with zero attached hydrogens (tertiary/aromatic N) is 2. The summed E-state index contributed by atoms with van der Waals surface area (Å²) in [7, 11) is 0. The summed E-state index contributed by atoms with van der Waals surface area (Å²) in [6.45, 7) is 9.82. The van der Waals surface area contributed by atoms with Crippen LogP contribution in [0, 0.1) is 11.8 Å². The number of halogens is 1. The number of likely N-dealkylation sites (tertiary alicyclic amines) is 1. The highest BCUT2D eigenvalue weighted by atomic mass is 79.9. The molecule has 0 spiro atoms. The molecule has 1 aromatic carbocycles. The zero-order valence-corrected chi connectivity index (χ0v) is 19.7. The Labute approximate surface area is 188 Å². The van der Waals surface area contributed by atoms with E-state index in [1.54, 1.807) is 0 Å². The SMILES string of the molecule is CC(C)CC(CNC(=O)C1CCN(C(=O)c2ccc(Br)cc2)CC1)N1CCOCC1. The van der Waals surface area contributed by atoms with Crippen molar-refractivity contribution < 1.29 is 14.3 Å². The molecule has 0 aliphatic carbocycles. The van der Waals surface area contributed by atoms with Crippen molar-refractivity contribution in [3.8, 4) is 0 Å². The molecule has 1 N–H and O–H groups in total. The quantitative estimate of drug-likeness (QED) is 0.652. The molecule has 1 unspecified atom stereocenters. The molecule has 3 rings (SSSR count). The van der Waals surface area contributed by atoms with Crippen LogP contribution >= 0.6 is 15.9 Å². The number of amides is 2. The summed E-state index contributed by atoms with van der Waals surface area (Å²) in [4.78, 5) is 29.8. The minimum atomic E-state index is -0.0108. The summed E-state index contributed by atoms with van der Waals surface area (Å²) in [5.41, 5.74) is 0.697. The predicted octanol–water partition coefficient (Wildman–Crippen LogP) is 3.16. The van der Waals surface area contributed by atoms with E-state index >= 15 is 0 Å². The highest BCUT2D eigenvalue weighted by Crippen LogP contribution is 2.21. The maximum Gasteiger partial charge on any atom is 0.253 e. The largest absolute Gasteiger partial charge is 0.379 e. The summed E-state index contributed by atoms with van der Waals surface area (Å²) in [5.74, 6) is 0.754. The fourth-order valence-electron chi connectivity index (χ4n) is 4.33. The van der Waals surface area contributed by atoms with Gasteiger partial charge in [0.25, 0.3) is 5.91 Å². The van der Waals surface area contributed by atoms with Gasteiger partial charge < -0.3 is 15.0 Å². The van der Waals surface area contributed by atoms with Gasteiger partial charge in [-0.3, -0.25) is 14.5 Å². The molecule has 0 saturated carbocycles. The maximum atomic E-state index is 12.8. The zero-order chi connectivity index (χ0) is 21.5. The summed E-state index contributed by atoms with van der Waals surface area (Å²) in [5, 5.41) is 3.21. The lowest BCUT2D eigenvalue weighted by Crippen LogP contribution is -2.50. The van der Waals surface area contributed by atoms with Crippen molar-refractivity contribution in [2.75, 3.05) is 45.9 Å². The first-order valence-corrected chi connectivity index (χ1v) is 11.9. The number of hydrogen-bond donors (Lipinski definition) is 1. The molecular weight excluding hydrogens is 446 g/mol. The highest BCUT2D eigenvalue weighted by Gasteiger charge is 2.29. The molecule has 30 heavy (non-hydrogen) atoms. The van der Waals surface area contributed by atoms with Crippen molar-refractivity contribution in [2.45, 2.75) is 39.2 Å². The molecule has 0 aromatic heterocycles. The van der Waals surface area contributed by atoms with Crippen LogP contribution in [0.25, 0.3) is 0 Å². The van der Waals surface area contributed by atoms with Gasteiger partial charge >= 0.3 is 0 Å². The molecule has 1 aromatic rings. The molecule has 2 saturated heterocycles. The number of carbonyl (C=O) groups is 2. The predicted molar refractivity (Wildman–Crippen MR) is 121 cm³/mol. The minimum Gasteiger partial charge on any atom is -0.379 e. The van der Waals surface area contributed by atoms with Gasteiger partial charge in [0.15, 0.2) is 0 Å². The summed E-state index contributed by atoms with van der Waals surface area (Å²) in [6, 6.07) is 7.81. The monoisotopic (exact) mass is 479 g/mol. The number of nitrogens with one attached hydrogen (secondary N) is 1. The molecular formula is C23H34BrN3O3. The first kappa shape index (κ1) is 23.2. The highest BCUT2D eigenvalue weighted by molar-refractivity contribution is 9.10. The van der Waals surface area contributed by atoms with Crippen LogP contribution in [0.5, 0.6) is 0 Å². The van der Waals surface area contributed by atoms with Gasteiger partial charge in [-0.05, 0) is 49.4 Å². The topological polar surface area (TPSA) is 61.9 Å². The molecule has 0 bridgehead atoms. The molecule has 2 aliphatic rings. The van der Waals surface area contributed by atoms with Crippen molar-refractivity contribution in [2.24, 2.45) is 11.8 Å². The number of carbonyl (C=O) groups excluding carboxylic acids is 2. The molecule has 2 aliphatic heterocycles. The van der Waals surface area contributed by atoms with E-state index in [2.05, 4.69) is 40.0 Å². The van der Waals surface area contributed by atoms with Crippen LogP contribution in [0.1, 0.15) is 43.5 Å². The molecule has 166 valence electrons. The van der Waals surface area contributed by atoms with E-state index < -0.39 is 0 Å². The smallest absolute Gasteiger partial charge is 0.253 e. The Kier molecular flexibility index (Phi) is 8.72. The Morgan fingerprint density at radius 2 is 1.73 bits per heavy atom. The molecule has 2 amide bonds. The van der Waals surface area contributed by atoms with Crippen LogP contribution in [0.4, 0.5) is 0 Å². The Morgan fingerprint density at radius 3 is 2.33 bits per heavy atom. The van der Waals surface area contributed by atoms with E-state index in [1.807, 2.05) is 29.2 Å². The maximum absolute atomic E-state index is 12.8. The Bertz CT molecular complexity index is 696. The van der Waals surface area contributed by atoms with E-state index in [1.165, 1.54) is 0 Å². The minimum absolute atomic E-state index is 0.0108. The first-order chi connectivity index (χ1) is 14.4. The van der Waals surface area contributed by atoms with Gasteiger partial charge in [-0.1, -0.05) is 29.8 Å². The van der Waals surface area contributed by atoms with Crippen molar-refractivity contribution >= 4 is 27.7 Å². The Balaban J connectivity index is 1.47.